The number of ether oxygens (including phenoxy) is 1. The van der Waals surface area contributed by atoms with Crippen molar-refractivity contribution in [3.05, 3.63) is 77.7 Å². The number of anilines is 1. The summed E-state index contributed by atoms with van der Waals surface area (Å²) in [5.41, 5.74) is 8.45. The van der Waals surface area contributed by atoms with E-state index in [4.69, 9.17) is 10.5 Å². The second kappa shape index (κ2) is 9.57. The molecule has 3 N–H and O–H groups in total. The van der Waals surface area contributed by atoms with Gasteiger partial charge < -0.3 is 15.4 Å². The van der Waals surface area contributed by atoms with E-state index < -0.39 is 10.2 Å². The fourth-order valence-electron chi connectivity index (χ4n) is 4.46. The Kier molecular flexibility index (Phi) is 6.31. The highest BCUT2D eigenvalue weighted by molar-refractivity contribution is 7.91. The fraction of sp³-hybridized carbons (Fsp3) is 0.240. The first-order valence-corrected chi connectivity index (χ1v) is 12.9. The van der Waals surface area contributed by atoms with Crippen molar-refractivity contribution in [2.24, 2.45) is 16.0 Å². The van der Waals surface area contributed by atoms with E-state index >= 15 is 0 Å². The van der Waals surface area contributed by atoms with Gasteiger partial charge in [-0.2, -0.15) is 8.42 Å². The molecule has 2 aliphatic heterocycles. The molecule has 1 atom stereocenters. The van der Waals surface area contributed by atoms with Gasteiger partial charge in [0.25, 0.3) is 5.91 Å². The molecule has 9 nitrogen and oxygen atoms in total. The molecular weight excluding hydrogens is 485 g/mol. The Hall–Kier alpha value is -3.99. The monoisotopic (exact) mass is 509 g/mol. The van der Waals surface area contributed by atoms with Gasteiger partial charge in [-0.3, -0.25) is 14.5 Å². The smallest absolute Gasteiger partial charge is 0.344 e. The van der Waals surface area contributed by atoms with E-state index in [0.717, 1.165) is 18.4 Å². The summed E-state index contributed by atoms with van der Waals surface area (Å²) in [6.07, 6.45) is 3.29. The van der Waals surface area contributed by atoms with Crippen LogP contribution in [0, 0.1) is 11.7 Å². The lowest BCUT2D eigenvalue weighted by Crippen LogP contribution is -2.41. The number of hydrogen-bond donors (Lipinski definition) is 2. The number of nitrogens with two attached hydrogens (primary N) is 1. The topological polar surface area (TPSA) is 127 Å². The van der Waals surface area contributed by atoms with Crippen molar-refractivity contribution in [3.8, 4) is 17.0 Å². The van der Waals surface area contributed by atoms with Gasteiger partial charge in [0.05, 0.1) is 23.6 Å². The Morgan fingerprint density at radius 3 is 2.81 bits per heavy atom. The number of amidine groups is 1. The van der Waals surface area contributed by atoms with Crippen molar-refractivity contribution < 1.29 is 22.3 Å². The number of benzene rings is 2. The molecule has 11 heteroatoms. The number of aromatic nitrogens is 1. The molecule has 1 amide bonds. The van der Waals surface area contributed by atoms with Crippen molar-refractivity contribution >= 4 is 27.6 Å². The molecule has 0 saturated carbocycles. The molecule has 2 aromatic carbocycles. The van der Waals surface area contributed by atoms with Crippen LogP contribution in [0.4, 0.5) is 10.1 Å². The van der Waals surface area contributed by atoms with E-state index in [-0.39, 0.29) is 23.5 Å². The Balaban J connectivity index is 1.27. The van der Waals surface area contributed by atoms with Crippen LogP contribution in [0.5, 0.6) is 5.75 Å². The quantitative estimate of drug-likeness (QED) is 0.544. The summed E-state index contributed by atoms with van der Waals surface area (Å²) in [5, 5.41) is 0. The molecule has 0 radical (unpaired) electrons. The minimum atomic E-state index is -3.87. The predicted octanol–water partition coefficient (Wildman–Crippen LogP) is 3.19. The van der Waals surface area contributed by atoms with Crippen molar-refractivity contribution in [3.63, 3.8) is 0 Å². The maximum Gasteiger partial charge on any atom is 0.344 e. The molecule has 1 aromatic heterocycles. The van der Waals surface area contributed by atoms with E-state index in [9.17, 15) is 17.6 Å². The molecule has 0 unspecified atom stereocenters. The highest BCUT2D eigenvalue weighted by Crippen LogP contribution is 2.31. The zero-order chi connectivity index (χ0) is 25.3. The molecular formula is C25H24FN5O4S. The van der Waals surface area contributed by atoms with Gasteiger partial charge >= 0.3 is 10.2 Å². The van der Waals surface area contributed by atoms with Crippen LogP contribution in [0.25, 0.3) is 11.3 Å². The molecule has 0 aliphatic carbocycles. The van der Waals surface area contributed by atoms with E-state index in [1.165, 1.54) is 12.1 Å². The number of carbonyl (C=O) groups is 1. The van der Waals surface area contributed by atoms with Gasteiger partial charge in [-0.25, -0.2) is 4.39 Å². The number of fused-ring (bicyclic) bond motifs is 1. The lowest BCUT2D eigenvalue weighted by atomic mass is 9.98. The average molecular weight is 510 g/mol. The van der Waals surface area contributed by atoms with E-state index in [2.05, 4.69) is 14.1 Å². The third-order valence-corrected chi connectivity index (χ3v) is 7.08. The number of hydrogen-bond acceptors (Lipinski definition) is 6. The summed E-state index contributed by atoms with van der Waals surface area (Å²) in [7, 11) is -3.87. The second-order valence-corrected chi connectivity index (χ2v) is 10.1. The van der Waals surface area contributed by atoms with Crippen LogP contribution in [0.1, 0.15) is 28.8 Å². The van der Waals surface area contributed by atoms with Crippen LogP contribution in [-0.4, -0.2) is 49.7 Å². The fourth-order valence-corrected chi connectivity index (χ4v) is 5.30. The highest BCUT2D eigenvalue weighted by atomic mass is 32.2. The zero-order valence-corrected chi connectivity index (χ0v) is 20.0. The normalized spacial score (nSPS) is 18.5. The number of nitrogens with one attached hydrogen (secondary N) is 1. The molecule has 2 aliphatic rings. The minimum Gasteiger partial charge on any atom is -0.492 e. The van der Waals surface area contributed by atoms with Crippen LogP contribution in [0.3, 0.4) is 0 Å². The molecule has 186 valence electrons. The summed E-state index contributed by atoms with van der Waals surface area (Å²) in [5.74, 6) is -0.0595. The first-order valence-electron chi connectivity index (χ1n) is 11.4. The lowest BCUT2D eigenvalue weighted by Gasteiger charge is -2.33. The number of amides is 1. The number of piperidine rings is 1. The summed E-state index contributed by atoms with van der Waals surface area (Å²) < 4.78 is 48.7. The maximum atomic E-state index is 13.3. The Morgan fingerprint density at radius 2 is 2.00 bits per heavy atom. The van der Waals surface area contributed by atoms with Crippen LogP contribution in [0.15, 0.2) is 65.2 Å². The van der Waals surface area contributed by atoms with Crippen molar-refractivity contribution in [2.45, 2.75) is 12.8 Å². The van der Waals surface area contributed by atoms with E-state index in [1.807, 2.05) is 0 Å². The molecule has 5 rings (SSSR count). The predicted molar refractivity (Wildman–Crippen MR) is 133 cm³/mol. The summed E-state index contributed by atoms with van der Waals surface area (Å²) >= 11 is 0. The standard InChI is InChI=1S/C25H24FN5O4S/c26-19-8-6-17(7-9-19)21-13-18(10-11-28-21)25(32)31-12-2-3-16(14-31)15-35-22-5-1-4-20-23(22)24(27)30-36(33,34)29-20/h1,4-11,13,16,29H,2-3,12,14-15H2,(H2,27,30)/t16-/m0/s1. The Morgan fingerprint density at radius 1 is 1.19 bits per heavy atom. The number of pyridine rings is 1. The molecule has 3 heterocycles. The molecule has 1 saturated heterocycles. The zero-order valence-electron chi connectivity index (χ0n) is 19.2. The SMILES string of the molecule is NC1=NS(=O)(=O)Nc2cccc(OC[C@H]3CCCN(C(=O)c4ccnc(-c5ccc(F)cc5)c4)C3)c21. The first kappa shape index (κ1) is 23.7. The Bertz CT molecular complexity index is 1440. The third kappa shape index (κ3) is 5.01. The van der Waals surface area contributed by atoms with Gasteiger partial charge in [0.2, 0.25) is 0 Å². The highest BCUT2D eigenvalue weighted by Gasteiger charge is 2.27. The van der Waals surface area contributed by atoms with E-state index in [0.29, 0.717) is 48.0 Å². The number of nitrogens with zero attached hydrogens (tertiary/aromatic N) is 3. The van der Waals surface area contributed by atoms with Crippen LogP contribution < -0.4 is 15.2 Å². The van der Waals surface area contributed by atoms with Crippen molar-refractivity contribution in [2.75, 3.05) is 24.4 Å². The minimum absolute atomic E-state index is 0.0791. The number of likely N-dealkylation sites (tertiary alicyclic amines) is 1. The van der Waals surface area contributed by atoms with Gasteiger partial charge in [0.15, 0.2) is 5.84 Å². The van der Waals surface area contributed by atoms with Crippen LogP contribution in [0.2, 0.25) is 0 Å². The number of carbonyl (C=O) groups excluding carboxylic acids is 1. The number of rotatable bonds is 5. The van der Waals surface area contributed by atoms with Crippen LogP contribution >= 0.6 is 0 Å². The van der Waals surface area contributed by atoms with Crippen LogP contribution in [-0.2, 0) is 10.2 Å². The van der Waals surface area contributed by atoms with Crippen molar-refractivity contribution in [1.29, 1.82) is 0 Å². The average Bonchev–Trinajstić information content (AvgIpc) is 2.87. The maximum absolute atomic E-state index is 13.3. The molecule has 0 bridgehead atoms. The van der Waals surface area contributed by atoms with Gasteiger partial charge in [0, 0.05) is 36.3 Å². The molecule has 3 aromatic rings. The molecule has 1 fully saturated rings. The van der Waals surface area contributed by atoms with E-state index in [1.54, 1.807) is 53.6 Å². The van der Waals surface area contributed by atoms with Gasteiger partial charge in [-0.15, -0.1) is 4.40 Å². The first-order chi connectivity index (χ1) is 17.3. The summed E-state index contributed by atoms with van der Waals surface area (Å²) in [6, 6.07) is 14.4. The molecule has 36 heavy (non-hydrogen) atoms. The van der Waals surface area contributed by atoms with Crippen molar-refractivity contribution in [1.82, 2.24) is 9.88 Å². The van der Waals surface area contributed by atoms with Gasteiger partial charge in [-0.05, 0) is 61.4 Å². The molecule has 0 spiro atoms. The van der Waals surface area contributed by atoms with Gasteiger partial charge in [-0.1, -0.05) is 6.07 Å². The second-order valence-electron chi connectivity index (χ2n) is 8.74. The lowest BCUT2D eigenvalue weighted by molar-refractivity contribution is 0.0633. The summed E-state index contributed by atoms with van der Waals surface area (Å²) in [6.45, 7) is 1.47. The van der Waals surface area contributed by atoms with Gasteiger partial charge in [0.1, 0.15) is 11.6 Å². The number of halogens is 1. The third-order valence-electron chi connectivity index (χ3n) is 6.17. The summed E-state index contributed by atoms with van der Waals surface area (Å²) in [4.78, 5) is 19.4. The Labute approximate surface area is 208 Å². The largest absolute Gasteiger partial charge is 0.492 e.